The summed E-state index contributed by atoms with van der Waals surface area (Å²) in [5, 5.41) is 9.97. The average molecular weight is 312 g/mol. The molecule has 2 rings (SSSR count). The van der Waals surface area contributed by atoms with E-state index in [2.05, 4.69) is 20.2 Å². The molecule has 8 heteroatoms. The molecule has 2 heterocycles. The summed E-state index contributed by atoms with van der Waals surface area (Å²) < 4.78 is 32.4. The van der Waals surface area contributed by atoms with E-state index < -0.39 is 10.0 Å². The number of aromatic nitrogens is 2. The molecule has 21 heavy (non-hydrogen) atoms. The number of aryl methyl sites for hydroxylation is 1. The van der Waals surface area contributed by atoms with Gasteiger partial charge in [-0.2, -0.15) is 5.10 Å². The third kappa shape index (κ3) is 3.93. The molecule has 0 aliphatic heterocycles. The fourth-order valence-electron chi connectivity index (χ4n) is 1.89. The third-order valence-corrected chi connectivity index (χ3v) is 4.56. The normalized spacial score (nSPS) is 12.2. The molecule has 0 spiro atoms. The zero-order valence-corrected chi connectivity index (χ0v) is 13.1. The van der Waals surface area contributed by atoms with Gasteiger partial charge in [0.05, 0.1) is 23.9 Å². The maximum absolute atomic E-state index is 12.4. The number of nitrogens with one attached hydrogen (secondary N) is 3. The molecule has 2 aromatic heterocycles. The van der Waals surface area contributed by atoms with Gasteiger partial charge >= 0.3 is 0 Å². The third-order valence-electron chi connectivity index (χ3n) is 2.95. The summed E-state index contributed by atoms with van der Waals surface area (Å²) in [6, 6.07) is 1.96. The van der Waals surface area contributed by atoms with Crippen LogP contribution in [0.3, 0.4) is 0 Å². The molecule has 0 radical (unpaired) electrons. The minimum atomic E-state index is -3.63. The van der Waals surface area contributed by atoms with Gasteiger partial charge < -0.3 is 9.73 Å². The molecule has 0 saturated heterocycles. The van der Waals surface area contributed by atoms with Crippen molar-refractivity contribution in [2.75, 3.05) is 0 Å². The minimum absolute atomic E-state index is 0.181. The minimum Gasteiger partial charge on any atom is -0.472 e. The summed E-state index contributed by atoms with van der Waals surface area (Å²) in [7, 11) is -3.63. The van der Waals surface area contributed by atoms with Crippen LogP contribution >= 0.6 is 0 Å². The van der Waals surface area contributed by atoms with Crippen molar-refractivity contribution in [3.63, 3.8) is 0 Å². The average Bonchev–Trinajstić information content (AvgIpc) is 3.03. The van der Waals surface area contributed by atoms with Gasteiger partial charge in [0.15, 0.2) is 0 Å². The molecule has 0 saturated carbocycles. The van der Waals surface area contributed by atoms with Gasteiger partial charge in [0, 0.05) is 24.7 Å². The van der Waals surface area contributed by atoms with Crippen LogP contribution in [-0.2, 0) is 23.1 Å². The lowest BCUT2D eigenvalue weighted by Gasteiger charge is -2.09. The van der Waals surface area contributed by atoms with Gasteiger partial charge in [-0.1, -0.05) is 13.8 Å². The molecule has 7 nitrogen and oxygen atoms in total. The lowest BCUT2D eigenvalue weighted by atomic mass is 10.3. The van der Waals surface area contributed by atoms with Crippen LogP contribution in [0.5, 0.6) is 0 Å². The zero-order valence-electron chi connectivity index (χ0n) is 12.3. The number of aromatic amines is 1. The Balaban J connectivity index is 2.16. The van der Waals surface area contributed by atoms with Crippen LogP contribution < -0.4 is 10.0 Å². The number of furan rings is 1. The van der Waals surface area contributed by atoms with Crippen LogP contribution in [0.1, 0.15) is 30.8 Å². The molecule has 0 bridgehead atoms. The van der Waals surface area contributed by atoms with E-state index in [1.165, 1.54) is 12.5 Å². The van der Waals surface area contributed by atoms with Crippen molar-refractivity contribution in [3.8, 4) is 0 Å². The molecule has 0 amide bonds. The Morgan fingerprint density at radius 2 is 2.14 bits per heavy atom. The number of H-pyrrole nitrogens is 1. The monoisotopic (exact) mass is 312 g/mol. The molecular formula is C13H20N4O3S. The maximum Gasteiger partial charge on any atom is 0.244 e. The van der Waals surface area contributed by atoms with E-state index in [1.54, 1.807) is 13.0 Å². The Bertz CT molecular complexity index is 674. The van der Waals surface area contributed by atoms with E-state index in [4.69, 9.17) is 4.42 Å². The molecule has 0 aromatic carbocycles. The van der Waals surface area contributed by atoms with E-state index in [1.807, 2.05) is 13.8 Å². The second-order valence-electron chi connectivity index (χ2n) is 5.12. The first kappa shape index (κ1) is 15.7. The first-order valence-corrected chi connectivity index (χ1v) is 8.16. The molecular weight excluding hydrogens is 292 g/mol. The summed E-state index contributed by atoms with van der Waals surface area (Å²) in [6.45, 7) is 6.25. The van der Waals surface area contributed by atoms with E-state index in [0.717, 1.165) is 5.56 Å². The number of nitrogens with zero attached hydrogens (tertiary/aromatic N) is 1. The van der Waals surface area contributed by atoms with Crippen molar-refractivity contribution in [2.24, 2.45) is 0 Å². The molecule has 2 aromatic rings. The molecule has 116 valence electrons. The van der Waals surface area contributed by atoms with Crippen LogP contribution in [0.25, 0.3) is 0 Å². The van der Waals surface area contributed by atoms with Crippen molar-refractivity contribution < 1.29 is 12.8 Å². The second-order valence-corrected chi connectivity index (χ2v) is 6.82. The van der Waals surface area contributed by atoms with Crippen LogP contribution in [-0.4, -0.2) is 24.7 Å². The quantitative estimate of drug-likeness (QED) is 0.715. The number of rotatable bonds is 7. The zero-order chi connectivity index (χ0) is 15.5. The van der Waals surface area contributed by atoms with Crippen molar-refractivity contribution in [1.82, 2.24) is 20.2 Å². The van der Waals surface area contributed by atoms with Crippen LogP contribution in [0.4, 0.5) is 0 Å². The second kappa shape index (κ2) is 6.42. The summed E-state index contributed by atoms with van der Waals surface area (Å²) in [5.74, 6) is 0. The predicted molar refractivity (Wildman–Crippen MR) is 78.0 cm³/mol. The van der Waals surface area contributed by atoms with Gasteiger partial charge in [-0.15, -0.1) is 0 Å². The first-order chi connectivity index (χ1) is 9.90. The Kier molecular flexibility index (Phi) is 4.81. The van der Waals surface area contributed by atoms with Gasteiger partial charge in [0.25, 0.3) is 0 Å². The summed E-state index contributed by atoms with van der Waals surface area (Å²) in [5.41, 5.74) is 1.78. The molecule has 3 N–H and O–H groups in total. The number of sulfonamides is 1. The molecule has 0 unspecified atom stereocenters. The van der Waals surface area contributed by atoms with Gasteiger partial charge in [0.2, 0.25) is 10.0 Å². The number of hydrogen-bond acceptors (Lipinski definition) is 5. The highest BCUT2D eigenvalue weighted by atomic mass is 32.2. The fraction of sp³-hybridized carbons (Fsp3) is 0.462. The SMILES string of the molecule is Cc1[nH]nc(CNC(C)C)c1S(=O)(=O)NCc1ccoc1. The van der Waals surface area contributed by atoms with Crippen molar-refractivity contribution in [3.05, 3.63) is 35.5 Å². The molecule has 0 aliphatic rings. The topological polar surface area (TPSA) is 100 Å². The molecule has 0 fully saturated rings. The summed E-state index contributed by atoms with van der Waals surface area (Å²) in [6.07, 6.45) is 3.01. The number of hydrogen-bond donors (Lipinski definition) is 3. The Hall–Kier alpha value is -1.64. The largest absolute Gasteiger partial charge is 0.472 e. The van der Waals surface area contributed by atoms with Gasteiger partial charge in [0.1, 0.15) is 4.90 Å². The fourth-order valence-corrected chi connectivity index (χ4v) is 3.27. The Labute approximate surface area is 124 Å². The Morgan fingerprint density at radius 3 is 2.76 bits per heavy atom. The molecule has 0 aliphatic carbocycles. The highest BCUT2D eigenvalue weighted by molar-refractivity contribution is 7.89. The van der Waals surface area contributed by atoms with Crippen LogP contribution in [0.15, 0.2) is 27.9 Å². The smallest absolute Gasteiger partial charge is 0.244 e. The summed E-state index contributed by atoms with van der Waals surface area (Å²) in [4.78, 5) is 0.208. The van der Waals surface area contributed by atoms with Crippen LogP contribution in [0, 0.1) is 6.92 Å². The first-order valence-electron chi connectivity index (χ1n) is 6.68. The van der Waals surface area contributed by atoms with Crippen molar-refractivity contribution in [1.29, 1.82) is 0 Å². The Morgan fingerprint density at radius 1 is 1.38 bits per heavy atom. The highest BCUT2D eigenvalue weighted by Crippen LogP contribution is 2.18. The van der Waals surface area contributed by atoms with Gasteiger partial charge in [-0.25, -0.2) is 13.1 Å². The molecule has 0 atom stereocenters. The predicted octanol–water partition coefficient (Wildman–Crippen LogP) is 1.29. The van der Waals surface area contributed by atoms with E-state index >= 15 is 0 Å². The van der Waals surface area contributed by atoms with Crippen molar-refractivity contribution in [2.45, 2.75) is 44.8 Å². The van der Waals surface area contributed by atoms with E-state index in [0.29, 0.717) is 17.9 Å². The van der Waals surface area contributed by atoms with Crippen LogP contribution in [0.2, 0.25) is 0 Å². The lowest BCUT2D eigenvalue weighted by molar-refractivity contribution is 0.558. The van der Waals surface area contributed by atoms with E-state index in [-0.39, 0.29) is 17.5 Å². The highest BCUT2D eigenvalue weighted by Gasteiger charge is 2.24. The van der Waals surface area contributed by atoms with Gasteiger partial charge in [-0.3, -0.25) is 5.10 Å². The standard InChI is InChI=1S/C13H20N4O3S/c1-9(2)14-7-12-13(10(3)16-17-12)21(18,19)15-6-11-4-5-20-8-11/h4-5,8-9,14-15H,6-7H2,1-3H3,(H,16,17). The summed E-state index contributed by atoms with van der Waals surface area (Å²) >= 11 is 0. The maximum atomic E-state index is 12.4. The van der Waals surface area contributed by atoms with E-state index in [9.17, 15) is 8.42 Å². The van der Waals surface area contributed by atoms with Crippen molar-refractivity contribution >= 4 is 10.0 Å². The van der Waals surface area contributed by atoms with Gasteiger partial charge in [-0.05, 0) is 13.0 Å². The lowest BCUT2D eigenvalue weighted by Crippen LogP contribution is -2.27.